The van der Waals surface area contributed by atoms with E-state index in [4.69, 9.17) is 9.97 Å². The molecule has 2 heterocycles. The summed E-state index contributed by atoms with van der Waals surface area (Å²) in [4.78, 5) is 10.0. The van der Waals surface area contributed by atoms with E-state index in [-0.39, 0.29) is 0 Å². The van der Waals surface area contributed by atoms with E-state index in [0.29, 0.717) is 5.82 Å². The normalized spacial score (nSPS) is 11.1. The van der Waals surface area contributed by atoms with Gasteiger partial charge in [0.25, 0.3) is 0 Å². The van der Waals surface area contributed by atoms with Crippen LogP contribution < -0.4 is 0 Å². The number of benzene rings is 5. The van der Waals surface area contributed by atoms with E-state index in [0.717, 1.165) is 49.3 Å². The zero-order valence-corrected chi connectivity index (χ0v) is 22.9. The molecule has 0 aliphatic heterocycles. The third-order valence-corrected chi connectivity index (χ3v) is 7.28. The van der Waals surface area contributed by atoms with Crippen molar-refractivity contribution >= 4 is 27.0 Å². The second-order valence-corrected chi connectivity index (χ2v) is 10.4. The molecular formula is C34H22BrN5. The van der Waals surface area contributed by atoms with Crippen molar-refractivity contribution in [3.63, 3.8) is 0 Å². The van der Waals surface area contributed by atoms with E-state index in [1.165, 1.54) is 11.1 Å². The lowest BCUT2D eigenvalue weighted by Gasteiger charge is -2.12. The fourth-order valence-corrected chi connectivity index (χ4v) is 5.31. The van der Waals surface area contributed by atoms with Crippen molar-refractivity contribution in [1.82, 2.24) is 25.0 Å². The lowest BCUT2D eigenvalue weighted by molar-refractivity contribution is 0.823. The fourth-order valence-electron chi connectivity index (χ4n) is 4.83. The molecule has 0 spiro atoms. The van der Waals surface area contributed by atoms with Crippen LogP contribution in [0.4, 0.5) is 0 Å². The summed E-state index contributed by atoms with van der Waals surface area (Å²) in [6, 6.07) is 45.2. The maximum atomic E-state index is 5.01. The van der Waals surface area contributed by atoms with Gasteiger partial charge < -0.3 is 0 Å². The van der Waals surface area contributed by atoms with Crippen LogP contribution in [0.1, 0.15) is 0 Å². The standard InChI is InChI=1S/C34H22BrN5/c35-28-19-27(20-29(21-28)40-33-14-8-7-13-30(33)38-39-40)32-22-31(36-34(37-32)26-11-5-2-6-12-26)25-17-15-24(16-18-25)23-9-3-1-4-10-23/h1-22H. The Balaban J connectivity index is 1.36. The molecule has 5 aromatic carbocycles. The van der Waals surface area contributed by atoms with Crippen molar-refractivity contribution in [2.45, 2.75) is 0 Å². The minimum absolute atomic E-state index is 0.674. The number of rotatable bonds is 5. The Morgan fingerprint density at radius 2 is 1.10 bits per heavy atom. The lowest BCUT2D eigenvalue weighted by atomic mass is 10.0. The molecule has 7 rings (SSSR count). The van der Waals surface area contributed by atoms with Gasteiger partial charge in [0.05, 0.1) is 22.6 Å². The minimum Gasteiger partial charge on any atom is -0.228 e. The third kappa shape index (κ3) is 4.70. The van der Waals surface area contributed by atoms with Gasteiger partial charge in [-0.2, -0.15) is 0 Å². The number of aromatic nitrogens is 5. The summed E-state index contributed by atoms with van der Waals surface area (Å²) >= 11 is 3.71. The van der Waals surface area contributed by atoms with Gasteiger partial charge in [0, 0.05) is 21.2 Å². The highest BCUT2D eigenvalue weighted by atomic mass is 79.9. The molecule has 0 saturated heterocycles. The topological polar surface area (TPSA) is 56.5 Å². The van der Waals surface area contributed by atoms with Crippen LogP contribution >= 0.6 is 15.9 Å². The van der Waals surface area contributed by atoms with Crippen LogP contribution in [0, 0.1) is 0 Å². The number of halogens is 1. The molecule has 0 saturated carbocycles. The van der Waals surface area contributed by atoms with Gasteiger partial charge in [-0.3, -0.25) is 0 Å². The summed E-state index contributed by atoms with van der Waals surface area (Å²) in [5.74, 6) is 0.674. The summed E-state index contributed by atoms with van der Waals surface area (Å²) in [5, 5.41) is 8.75. The molecule has 0 radical (unpaired) electrons. The number of nitrogens with zero attached hydrogens (tertiary/aromatic N) is 5. The molecule has 7 aromatic rings. The van der Waals surface area contributed by atoms with Crippen LogP contribution in [0.25, 0.3) is 61.8 Å². The second-order valence-electron chi connectivity index (χ2n) is 9.46. The van der Waals surface area contributed by atoms with Crippen molar-refractivity contribution < 1.29 is 0 Å². The Kier molecular flexibility index (Phi) is 6.22. The Bertz CT molecular complexity index is 1950. The average Bonchev–Trinajstić information content (AvgIpc) is 3.46. The highest BCUT2D eigenvalue weighted by Gasteiger charge is 2.14. The number of hydrogen-bond acceptors (Lipinski definition) is 4. The van der Waals surface area contributed by atoms with Gasteiger partial charge in [-0.05, 0) is 47.5 Å². The zero-order chi connectivity index (χ0) is 26.9. The molecular weight excluding hydrogens is 558 g/mol. The summed E-state index contributed by atoms with van der Waals surface area (Å²) in [6.45, 7) is 0. The molecule has 0 fully saturated rings. The highest BCUT2D eigenvalue weighted by Crippen LogP contribution is 2.32. The van der Waals surface area contributed by atoms with Crippen molar-refractivity contribution in [3.05, 3.63) is 138 Å². The molecule has 5 nitrogen and oxygen atoms in total. The molecule has 0 aliphatic carbocycles. The van der Waals surface area contributed by atoms with Gasteiger partial charge in [0.1, 0.15) is 5.52 Å². The van der Waals surface area contributed by atoms with Crippen molar-refractivity contribution in [2.75, 3.05) is 0 Å². The zero-order valence-electron chi connectivity index (χ0n) is 21.3. The molecule has 0 aliphatic rings. The van der Waals surface area contributed by atoms with Crippen molar-refractivity contribution in [1.29, 1.82) is 0 Å². The predicted octanol–water partition coefficient (Wildman–Crippen LogP) is 8.64. The van der Waals surface area contributed by atoms with E-state index >= 15 is 0 Å². The van der Waals surface area contributed by atoms with Crippen LogP contribution in [-0.4, -0.2) is 25.0 Å². The SMILES string of the molecule is Brc1cc(-c2cc(-c3ccc(-c4ccccc4)cc3)nc(-c3ccccc3)n2)cc(-n2nnc3ccccc32)c1. The van der Waals surface area contributed by atoms with Gasteiger partial charge in [-0.1, -0.05) is 118 Å². The van der Waals surface area contributed by atoms with Crippen LogP contribution in [-0.2, 0) is 0 Å². The second kappa shape index (κ2) is 10.3. The average molecular weight is 580 g/mol. The molecule has 0 N–H and O–H groups in total. The highest BCUT2D eigenvalue weighted by molar-refractivity contribution is 9.10. The molecule has 0 unspecified atom stereocenters. The van der Waals surface area contributed by atoms with Crippen LogP contribution in [0.3, 0.4) is 0 Å². The van der Waals surface area contributed by atoms with E-state index < -0.39 is 0 Å². The van der Waals surface area contributed by atoms with Gasteiger partial charge in [0.2, 0.25) is 0 Å². The van der Waals surface area contributed by atoms with Crippen LogP contribution in [0.15, 0.2) is 138 Å². The number of para-hydroxylation sites is 1. The van der Waals surface area contributed by atoms with E-state index in [9.17, 15) is 0 Å². The molecule has 0 atom stereocenters. The molecule has 0 bridgehead atoms. The Labute approximate surface area is 240 Å². The largest absolute Gasteiger partial charge is 0.228 e. The monoisotopic (exact) mass is 579 g/mol. The smallest absolute Gasteiger partial charge is 0.160 e. The van der Waals surface area contributed by atoms with E-state index in [1.54, 1.807) is 0 Å². The number of hydrogen-bond donors (Lipinski definition) is 0. The van der Waals surface area contributed by atoms with Crippen molar-refractivity contribution in [2.24, 2.45) is 0 Å². The summed E-state index contributed by atoms with van der Waals surface area (Å²) in [5.41, 5.74) is 9.65. The van der Waals surface area contributed by atoms with Gasteiger partial charge in [0.15, 0.2) is 5.82 Å². The first-order valence-corrected chi connectivity index (χ1v) is 13.7. The molecule has 40 heavy (non-hydrogen) atoms. The van der Waals surface area contributed by atoms with Gasteiger partial charge >= 0.3 is 0 Å². The van der Waals surface area contributed by atoms with E-state index in [2.05, 4.69) is 93.0 Å². The summed E-state index contributed by atoms with van der Waals surface area (Å²) in [6.07, 6.45) is 0. The van der Waals surface area contributed by atoms with Crippen LogP contribution in [0.2, 0.25) is 0 Å². The first-order chi connectivity index (χ1) is 19.7. The quantitative estimate of drug-likeness (QED) is 0.205. The Hall–Kier alpha value is -4.94. The molecule has 190 valence electrons. The Morgan fingerprint density at radius 1 is 0.500 bits per heavy atom. The Morgan fingerprint density at radius 3 is 1.85 bits per heavy atom. The minimum atomic E-state index is 0.674. The third-order valence-electron chi connectivity index (χ3n) is 6.82. The molecule has 0 amide bonds. The fraction of sp³-hybridized carbons (Fsp3) is 0. The van der Waals surface area contributed by atoms with Crippen LogP contribution in [0.5, 0.6) is 0 Å². The molecule has 2 aromatic heterocycles. The first kappa shape index (κ1) is 24.1. The van der Waals surface area contributed by atoms with Gasteiger partial charge in [-0.25, -0.2) is 14.6 Å². The lowest BCUT2D eigenvalue weighted by Crippen LogP contribution is -1.99. The summed E-state index contributed by atoms with van der Waals surface area (Å²) in [7, 11) is 0. The first-order valence-electron chi connectivity index (χ1n) is 12.9. The van der Waals surface area contributed by atoms with Gasteiger partial charge in [-0.15, -0.1) is 5.10 Å². The predicted molar refractivity (Wildman–Crippen MR) is 164 cm³/mol. The molecule has 6 heteroatoms. The summed E-state index contributed by atoms with van der Waals surface area (Å²) < 4.78 is 2.78. The van der Waals surface area contributed by atoms with E-state index in [1.807, 2.05) is 71.4 Å². The number of fused-ring (bicyclic) bond motifs is 1. The van der Waals surface area contributed by atoms with Crippen molar-refractivity contribution in [3.8, 4) is 50.7 Å². The maximum Gasteiger partial charge on any atom is 0.160 e. The maximum absolute atomic E-state index is 5.01.